The van der Waals surface area contributed by atoms with Gasteiger partial charge in [-0.2, -0.15) is 0 Å². The van der Waals surface area contributed by atoms with Gasteiger partial charge in [-0.05, 0) is 25.0 Å². The van der Waals surface area contributed by atoms with Crippen molar-refractivity contribution < 1.29 is 13.6 Å². The van der Waals surface area contributed by atoms with Gasteiger partial charge < -0.3 is 9.05 Å². The van der Waals surface area contributed by atoms with Gasteiger partial charge in [0.25, 0.3) is 0 Å². The van der Waals surface area contributed by atoms with Crippen LogP contribution in [0.3, 0.4) is 0 Å². The number of nitrogens with one attached hydrogen (secondary N) is 1. The Labute approximate surface area is 138 Å². The standard InChI is InChI=1S/C18H24NO3P/c1-3-21-23(20,22-4-2)18(17-13-9-6-10-14-17)19-15-16-11-7-5-8-12-16/h5-14,18-19H,3-4,15H2,1-2H3. The lowest BCUT2D eigenvalue weighted by atomic mass is 10.2. The van der Waals surface area contributed by atoms with E-state index >= 15 is 0 Å². The number of hydrogen-bond donors (Lipinski definition) is 1. The maximum absolute atomic E-state index is 13.2. The van der Waals surface area contributed by atoms with Crippen molar-refractivity contribution >= 4 is 7.60 Å². The Morgan fingerprint density at radius 2 is 1.43 bits per heavy atom. The van der Waals surface area contributed by atoms with E-state index < -0.39 is 13.4 Å². The molecule has 0 spiro atoms. The van der Waals surface area contributed by atoms with E-state index in [1.165, 1.54) is 0 Å². The Hall–Kier alpha value is -1.45. The summed E-state index contributed by atoms with van der Waals surface area (Å²) in [5.41, 5.74) is 2.02. The van der Waals surface area contributed by atoms with Gasteiger partial charge in [-0.15, -0.1) is 0 Å². The van der Waals surface area contributed by atoms with E-state index in [0.29, 0.717) is 19.8 Å². The molecule has 0 aliphatic heterocycles. The molecule has 0 heterocycles. The number of rotatable bonds is 9. The van der Waals surface area contributed by atoms with Crippen molar-refractivity contribution in [3.63, 3.8) is 0 Å². The molecule has 23 heavy (non-hydrogen) atoms. The summed E-state index contributed by atoms with van der Waals surface area (Å²) in [7, 11) is -3.30. The van der Waals surface area contributed by atoms with Crippen LogP contribution < -0.4 is 5.32 Å². The van der Waals surface area contributed by atoms with Crippen LogP contribution in [-0.2, 0) is 20.2 Å². The third-order valence-corrected chi connectivity index (χ3v) is 5.74. The third-order valence-electron chi connectivity index (χ3n) is 3.39. The summed E-state index contributed by atoms with van der Waals surface area (Å²) in [6.07, 6.45) is 0. The molecule has 1 N–H and O–H groups in total. The molecule has 0 radical (unpaired) electrons. The lowest BCUT2D eigenvalue weighted by Gasteiger charge is -2.27. The average molecular weight is 333 g/mol. The molecule has 0 fully saturated rings. The molecule has 0 bridgehead atoms. The second-order valence-electron chi connectivity index (χ2n) is 5.06. The largest absolute Gasteiger partial charge is 0.351 e. The highest BCUT2D eigenvalue weighted by Gasteiger charge is 2.36. The van der Waals surface area contributed by atoms with Crippen LogP contribution >= 0.6 is 7.60 Å². The van der Waals surface area contributed by atoms with E-state index in [2.05, 4.69) is 5.32 Å². The Morgan fingerprint density at radius 1 is 0.913 bits per heavy atom. The van der Waals surface area contributed by atoms with Crippen LogP contribution in [0.25, 0.3) is 0 Å². The SMILES string of the molecule is CCOP(=O)(OCC)C(NCc1ccccc1)c1ccccc1. The molecular weight excluding hydrogens is 309 g/mol. The normalized spacial score (nSPS) is 13.0. The zero-order valence-electron chi connectivity index (χ0n) is 13.6. The maximum atomic E-state index is 13.2. The molecule has 2 aromatic carbocycles. The summed E-state index contributed by atoms with van der Waals surface area (Å²) in [6, 6.07) is 19.7. The van der Waals surface area contributed by atoms with Gasteiger partial charge in [0, 0.05) is 6.54 Å². The molecule has 0 aliphatic carbocycles. The highest BCUT2D eigenvalue weighted by atomic mass is 31.2. The molecule has 5 heteroatoms. The van der Waals surface area contributed by atoms with Crippen LogP contribution in [0.15, 0.2) is 60.7 Å². The van der Waals surface area contributed by atoms with Crippen molar-refractivity contribution in [2.24, 2.45) is 0 Å². The minimum atomic E-state index is -3.30. The Morgan fingerprint density at radius 3 is 1.96 bits per heavy atom. The summed E-state index contributed by atoms with van der Waals surface area (Å²) < 4.78 is 24.3. The van der Waals surface area contributed by atoms with Crippen molar-refractivity contribution in [3.8, 4) is 0 Å². The molecule has 4 nitrogen and oxygen atoms in total. The second kappa shape index (κ2) is 8.99. The zero-order chi connectivity index (χ0) is 16.5. The van der Waals surface area contributed by atoms with Gasteiger partial charge in [-0.3, -0.25) is 9.88 Å². The summed E-state index contributed by atoms with van der Waals surface area (Å²) in [5.74, 6) is -0.496. The van der Waals surface area contributed by atoms with Crippen LogP contribution in [0.4, 0.5) is 0 Å². The Bertz CT molecular complexity index is 609. The first-order valence-corrected chi connectivity index (χ1v) is 9.52. The monoisotopic (exact) mass is 333 g/mol. The van der Waals surface area contributed by atoms with Gasteiger partial charge in [0.1, 0.15) is 5.78 Å². The van der Waals surface area contributed by atoms with Gasteiger partial charge in [0.15, 0.2) is 0 Å². The summed E-state index contributed by atoms with van der Waals surface area (Å²) in [4.78, 5) is 0. The molecule has 0 saturated carbocycles. The van der Waals surface area contributed by atoms with Gasteiger partial charge in [-0.1, -0.05) is 60.7 Å². The molecule has 0 saturated heterocycles. The van der Waals surface area contributed by atoms with Crippen LogP contribution in [0.5, 0.6) is 0 Å². The minimum absolute atomic E-state index is 0.341. The first kappa shape index (κ1) is 17.9. The van der Waals surface area contributed by atoms with Crippen molar-refractivity contribution in [1.29, 1.82) is 0 Å². The molecule has 2 aromatic rings. The maximum Gasteiger partial charge on any atom is 0.351 e. The van der Waals surface area contributed by atoms with E-state index in [0.717, 1.165) is 11.1 Å². The van der Waals surface area contributed by atoms with Crippen LogP contribution in [0.2, 0.25) is 0 Å². The van der Waals surface area contributed by atoms with Crippen molar-refractivity contribution in [3.05, 3.63) is 71.8 Å². The fraction of sp³-hybridized carbons (Fsp3) is 0.333. The summed E-state index contributed by atoms with van der Waals surface area (Å²) in [6.45, 7) is 4.92. The summed E-state index contributed by atoms with van der Waals surface area (Å²) >= 11 is 0. The molecular formula is C18H24NO3P. The minimum Gasteiger partial charge on any atom is -0.308 e. The highest BCUT2D eigenvalue weighted by molar-refractivity contribution is 7.54. The lowest BCUT2D eigenvalue weighted by molar-refractivity contribution is 0.207. The number of benzene rings is 2. The van der Waals surface area contributed by atoms with Gasteiger partial charge in [0.2, 0.25) is 0 Å². The molecule has 0 aliphatic rings. The first-order chi connectivity index (χ1) is 11.2. The van der Waals surface area contributed by atoms with Crippen LogP contribution in [0, 0.1) is 0 Å². The Kier molecular flexibility index (Phi) is 7.00. The van der Waals surface area contributed by atoms with E-state index in [4.69, 9.17) is 9.05 Å². The van der Waals surface area contributed by atoms with Gasteiger partial charge in [-0.25, -0.2) is 0 Å². The lowest BCUT2D eigenvalue weighted by Crippen LogP contribution is -2.23. The predicted molar refractivity (Wildman–Crippen MR) is 93.3 cm³/mol. The molecule has 0 aromatic heterocycles. The second-order valence-corrected chi connectivity index (χ2v) is 7.17. The van der Waals surface area contributed by atoms with Crippen molar-refractivity contribution in [2.45, 2.75) is 26.2 Å². The van der Waals surface area contributed by atoms with E-state index in [1.807, 2.05) is 74.5 Å². The zero-order valence-corrected chi connectivity index (χ0v) is 14.5. The van der Waals surface area contributed by atoms with E-state index in [-0.39, 0.29) is 0 Å². The topological polar surface area (TPSA) is 47.6 Å². The van der Waals surface area contributed by atoms with Gasteiger partial charge >= 0.3 is 7.60 Å². The Balaban J connectivity index is 2.26. The molecule has 2 rings (SSSR count). The van der Waals surface area contributed by atoms with E-state index in [1.54, 1.807) is 0 Å². The molecule has 0 amide bonds. The van der Waals surface area contributed by atoms with Gasteiger partial charge in [0.05, 0.1) is 13.2 Å². The van der Waals surface area contributed by atoms with Crippen molar-refractivity contribution in [2.75, 3.05) is 13.2 Å². The number of hydrogen-bond acceptors (Lipinski definition) is 4. The quantitative estimate of drug-likeness (QED) is 0.673. The predicted octanol–water partition coefficient (Wildman–Crippen LogP) is 4.74. The fourth-order valence-electron chi connectivity index (χ4n) is 2.40. The molecule has 1 atom stereocenters. The fourth-order valence-corrected chi connectivity index (χ4v) is 4.35. The third kappa shape index (κ3) is 5.02. The molecule has 124 valence electrons. The van der Waals surface area contributed by atoms with Crippen LogP contribution in [0.1, 0.15) is 30.8 Å². The summed E-state index contributed by atoms with van der Waals surface area (Å²) in [5, 5.41) is 3.35. The first-order valence-electron chi connectivity index (χ1n) is 7.90. The van der Waals surface area contributed by atoms with E-state index in [9.17, 15) is 4.57 Å². The highest BCUT2D eigenvalue weighted by Crippen LogP contribution is 2.59. The molecule has 1 unspecified atom stereocenters. The average Bonchev–Trinajstić information content (AvgIpc) is 2.57. The van der Waals surface area contributed by atoms with Crippen molar-refractivity contribution in [1.82, 2.24) is 5.32 Å². The smallest absolute Gasteiger partial charge is 0.308 e. The van der Waals surface area contributed by atoms with Crippen LogP contribution in [-0.4, -0.2) is 13.2 Å².